The SMILES string of the molecule is Clc1ccc(CSc2nnc3c(n2)OC(c2cccs2)Nc2ccccc2-3)cc1. The Morgan fingerprint density at radius 1 is 1.03 bits per heavy atom. The van der Waals surface area contributed by atoms with E-state index in [1.54, 1.807) is 11.3 Å². The molecule has 3 heterocycles. The lowest BCUT2D eigenvalue weighted by Gasteiger charge is -2.17. The summed E-state index contributed by atoms with van der Waals surface area (Å²) < 4.78 is 6.25. The number of ether oxygens (including phenoxy) is 1. The van der Waals surface area contributed by atoms with Crippen molar-refractivity contribution in [3.05, 3.63) is 81.5 Å². The summed E-state index contributed by atoms with van der Waals surface area (Å²) in [6.45, 7) is 0. The molecule has 1 N–H and O–H groups in total. The van der Waals surface area contributed by atoms with Crippen molar-refractivity contribution >= 4 is 40.4 Å². The Morgan fingerprint density at radius 3 is 2.72 bits per heavy atom. The highest BCUT2D eigenvalue weighted by Crippen LogP contribution is 2.40. The molecule has 0 bridgehead atoms. The highest BCUT2D eigenvalue weighted by atomic mass is 35.5. The number of para-hydroxylation sites is 1. The molecule has 1 aliphatic heterocycles. The number of hydrogen-bond donors (Lipinski definition) is 1. The zero-order chi connectivity index (χ0) is 19.6. The van der Waals surface area contributed by atoms with Crippen molar-refractivity contribution in [2.24, 2.45) is 0 Å². The molecule has 0 aliphatic carbocycles. The Balaban J connectivity index is 1.47. The van der Waals surface area contributed by atoms with Crippen molar-refractivity contribution in [1.29, 1.82) is 0 Å². The van der Waals surface area contributed by atoms with E-state index in [2.05, 4.69) is 20.5 Å². The number of hydrogen-bond acceptors (Lipinski definition) is 7. The number of anilines is 1. The molecule has 1 unspecified atom stereocenters. The van der Waals surface area contributed by atoms with Gasteiger partial charge in [-0.05, 0) is 35.2 Å². The van der Waals surface area contributed by atoms with Crippen LogP contribution in [0.2, 0.25) is 5.02 Å². The van der Waals surface area contributed by atoms with Crippen molar-refractivity contribution in [2.45, 2.75) is 17.1 Å². The fourth-order valence-corrected chi connectivity index (χ4v) is 4.57. The maximum atomic E-state index is 6.25. The molecular formula is C21H15ClN4OS2. The lowest BCUT2D eigenvalue weighted by molar-refractivity contribution is 0.229. The number of rotatable bonds is 4. The highest BCUT2D eigenvalue weighted by molar-refractivity contribution is 7.98. The number of nitrogens with one attached hydrogen (secondary N) is 1. The maximum absolute atomic E-state index is 6.25. The molecule has 0 saturated heterocycles. The third-order valence-corrected chi connectivity index (χ3v) is 6.49. The molecule has 5 rings (SSSR count). The van der Waals surface area contributed by atoms with Gasteiger partial charge in [-0.3, -0.25) is 0 Å². The molecule has 1 atom stereocenters. The molecule has 2 aromatic heterocycles. The number of halogens is 1. The van der Waals surface area contributed by atoms with E-state index in [-0.39, 0.29) is 6.23 Å². The molecular weight excluding hydrogens is 424 g/mol. The molecule has 0 amide bonds. The third kappa shape index (κ3) is 3.94. The van der Waals surface area contributed by atoms with Gasteiger partial charge in [-0.2, -0.15) is 4.98 Å². The van der Waals surface area contributed by atoms with Crippen LogP contribution >= 0.6 is 34.7 Å². The van der Waals surface area contributed by atoms with Gasteiger partial charge in [-0.15, -0.1) is 21.5 Å². The quantitative estimate of drug-likeness (QED) is 0.391. The van der Waals surface area contributed by atoms with Crippen molar-refractivity contribution in [3.8, 4) is 17.1 Å². The van der Waals surface area contributed by atoms with Crippen LogP contribution in [0.3, 0.4) is 0 Å². The number of fused-ring (bicyclic) bond motifs is 3. The first kappa shape index (κ1) is 18.4. The minimum absolute atomic E-state index is 0.330. The van der Waals surface area contributed by atoms with Crippen LogP contribution in [0.15, 0.2) is 71.2 Å². The normalized spacial score (nSPS) is 14.9. The first-order valence-corrected chi connectivity index (χ1v) is 11.2. The minimum Gasteiger partial charge on any atom is -0.447 e. The molecule has 0 spiro atoms. The van der Waals surface area contributed by atoms with Gasteiger partial charge in [0.1, 0.15) is 0 Å². The van der Waals surface area contributed by atoms with Gasteiger partial charge < -0.3 is 10.1 Å². The van der Waals surface area contributed by atoms with E-state index in [1.807, 2.05) is 66.0 Å². The molecule has 144 valence electrons. The second-order valence-electron chi connectivity index (χ2n) is 6.37. The van der Waals surface area contributed by atoms with E-state index in [9.17, 15) is 0 Å². The van der Waals surface area contributed by atoms with Crippen molar-refractivity contribution in [1.82, 2.24) is 15.2 Å². The summed E-state index contributed by atoms with van der Waals surface area (Å²) in [5.41, 5.74) is 3.66. The topological polar surface area (TPSA) is 59.9 Å². The van der Waals surface area contributed by atoms with Crippen molar-refractivity contribution < 1.29 is 4.74 Å². The number of nitrogens with zero attached hydrogens (tertiary/aromatic N) is 3. The fraction of sp³-hybridized carbons (Fsp3) is 0.0952. The van der Waals surface area contributed by atoms with Crippen LogP contribution < -0.4 is 10.1 Å². The average Bonchev–Trinajstić information content (AvgIpc) is 3.23. The van der Waals surface area contributed by atoms with Gasteiger partial charge in [0.15, 0.2) is 5.69 Å². The lowest BCUT2D eigenvalue weighted by Crippen LogP contribution is -2.15. The van der Waals surface area contributed by atoms with Crippen molar-refractivity contribution in [2.75, 3.05) is 5.32 Å². The van der Waals surface area contributed by atoms with E-state index in [0.717, 1.165) is 32.5 Å². The van der Waals surface area contributed by atoms with Crippen LogP contribution in [0, 0.1) is 0 Å². The lowest BCUT2D eigenvalue weighted by atomic mass is 10.1. The van der Waals surface area contributed by atoms with E-state index >= 15 is 0 Å². The predicted molar refractivity (Wildman–Crippen MR) is 118 cm³/mol. The molecule has 0 fully saturated rings. The smallest absolute Gasteiger partial charge is 0.247 e. The van der Waals surface area contributed by atoms with Crippen LogP contribution in [0.1, 0.15) is 16.7 Å². The predicted octanol–water partition coefficient (Wildman–Crippen LogP) is 6.05. The first-order valence-electron chi connectivity index (χ1n) is 8.94. The highest BCUT2D eigenvalue weighted by Gasteiger charge is 2.26. The molecule has 29 heavy (non-hydrogen) atoms. The summed E-state index contributed by atoms with van der Waals surface area (Å²) in [4.78, 5) is 5.74. The Hall–Kier alpha value is -2.61. The number of benzene rings is 2. The van der Waals surface area contributed by atoms with Gasteiger partial charge in [-0.1, -0.05) is 59.8 Å². The molecule has 8 heteroatoms. The first-order chi connectivity index (χ1) is 14.3. The molecule has 0 saturated carbocycles. The van der Waals surface area contributed by atoms with Gasteiger partial charge in [0.25, 0.3) is 0 Å². The second kappa shape index (κ2) is 8.02. The number of thiophene rings is 1. The number of thioether (sulfide) groups is 1. The van der Waals surface area contributed by atoms with E-state index < -0.39 is 0 Å². The summed E-state index contributed by atoms with van der Waals surface area (Å²) in [7, 11) is 0. The Labute approximate surface area is 181 Å². The molecule has 0 radical (unpaired) electrons. The van der Waals surface area contributed by atoms with Gasteiger partial charge in [0, 0.05) is 22.0 Å². The molecule has 2 aromatic carbocycles. The molecule has 1 aliphatic rings. The van der Waals surface area contributed by atoms with Gasteiger partial charge in [-0.25, -0.2) is 0 Å². The summed E-state index contributed by atoms with van der Waals surface area (Å²) in [5.74, 6) is 1.20. The zero-order valence-corrected chi connectivity index (χ0v) is 17.5. The van der Waals surface area contributed by atoms with Crippen LogP contribution in [0.25, 0.3) is 11.3 Å². The summed E-state index contributed by atoms with van der Waals surface area (Å²) in [6.07, 6.45) is -0.330. The maximum Gasteiger partial charge on any atom is 0.247 e. The standard InChI is InChI=1S/C21H15ClN4OS2/c22-14-9-7-13(8-10-14)12-29-21-24-20-18(25-26-21)15-4-1-2-5-16(15)23-19(27-20)17-6-3-11-28-17/h1-11,19,23H,12H2. The summed E-state index contributed by atoms with van der Waals surface area (Å²) in [6, 6.07) is 19.8. The average molecular weight is 439 g/mol. The van der Waals surface area contributed by atoms with E-state index in [1.165, 1.54) is 11.8 Å². The Kier molecular flexibility index (Phi) is 5.10. The Morgan fingerprint density at radius 2 is 1.90 bits per heavy atom. The van der Waals surface area contributed by atoms with Gasteiger partial charge in [0.05, 0.1) is 4.88 Å². The Bertz CT molecular complexity index is 1140. The monoisotopic (exact) mass is 438 g/mol. The van der Waals surface area contributed by atoms with Crippen LogP contribution in [-0.2, 0) is 5.75 Å². The largest absolute Gasteiger partial charge is 0.447 e. The minimum atomic E-state index is -0.330. The van der Waals surface area contributed by atoms with E-state index in [4.69, 9.17) is 16.3 Å². The summed E-state index contributed by atoms with van der Waals surface area (Å²) >= 11 is 9.10. The molecule has 4 aromatic rings. The second-order valence-corrected chi connectivity index (χ2v) is 8.72. The van der Waals surface area contributed by atoms with Crippen LogP contribution in [0.4, 0.5) is 5.69 Å². The van der Waals surface area contributed by atoms with Crippen LogP contribution in [-0.4, -0.2) is 15.2 Å². The van der Waals surface area contributed by atoms with Crippen LogP contribution in [0.5, 0.6) is 5.88 Å². The van der Waals surface area contributed by atoms with E-state index in [0.29, 0.717) is 16.7 Å². The van der Waals surface area contributed by atoms with Gasteiger partial charge >= 0.3 is 0 Å². The fourth-order valence-electron chi connectivity index (χ4n) is 3.01. The number of aromatic nitrogens is 3. The van der Waals surface area contributed by atoms with Gasteiger partial charge in [0.2, 0.25) is 17.3 Å². The third-order valence-electron chi connectivity index (χ3n) is 4.42. The zero-order valence-electron chi connectivity index (χ0n) is 15.1. The molecule has 5 nitrogen and oxygen atoms in total. The summed E-state index contributed by atoms with van der Waals surface area (Å²) in [5, 5.41) is 15.5. The van der Waals surface area contributed by atoms with Crippen molar-refractivity contribution in [3.63, 3.8) is 0 Å².